The van der Waals surface area contributed by atoms with Gasteiger partial charge < -0.3 is 0 Å². The molecule has 1 aromatic carbocycles. The summed E-state index contributed by atoms with van der Waals surface area (Å²) in [5, 5.41) is 0. The highest BCUT2D eigenvalue weighted by Crippen LogP contribution is 2.29. The molecule has 0 spiro atoms. The predicted molar refractivity (Wildman–Crippen MR) is 67.1 cm³/mol. The van der Waals surface area contributed by atoms with E-state index < -0.39 is 0 Å². The molecule has 2 rings (SSSR count). The molecule has 1 saturated carbocycles. The molecule has 84 valence electrons. The summed E-state index contributed by atoms with van der Waals surface area (Å²) in [5.41, 5.74) is 2.11. The lowest BCUT2D eigenvalue weighted by atomic mass is 9.83. The van der Waals surface area contributed by atoms with Crippen molar-refractivity contribution in [3.05, 3.63) is 41.5 Å². The zero-order chi connectivity index (χ0) is 11.2. The van der Waals surface area contributed by atoms with Crippen molar-refractivity contribution in [2.45, 2.75) is 32.1 Å². The maximum atomic E-state index is 11.1. The van der Waals surface area contributed by atoms with Gasteiger partial charge in [0.05, 0.1) is 0 Å². The van der Waals surface area contributed by atoms with Crippen LogP contribution in [-0.2, 0) is 4.79 Å². The van der Waals surface area contributed by atoms with Crippen LogP contribution in [0.5, 0.6) is 0 Å². The maximum absolute atomic E-state index is 11.1. The van der Waals surface area contributed by atoms with Gasteiger partial charge >= 0.3 is 0 Å². The topological polar surface area (TPSA) is 17.1 Å². The second-order valence-corrected chi connectivity index (χ2v) is 4.51. The molecule has 0 heterocycles. The van der Waals surface area contributed by atoms with Crippen molar-refractivity contribution in [2.24, 2.45) is 5.92 Å². The quantitative estimate of drug-likeness (QED) is 0.551. The first-order valence-electron chi connectivity index (χ1n) is 6.12. The molecular formula is C15H18O. The number of hydrogen-bond acceptors (Lipinski definition) is 1. The van der Waals surface area contributed by atoms with E-state index in [2.05, 4.69) is 0 Å². The number of carbonyl (C=O) groups excluding carboxylic acids is 1. The highest BCUT2D eigenvalue weighted by atomic mass is 16.1. The first-order valence-corrected chi connectivity index (χ1v) is 6.12. The minimum Gasteiger partial charge on any atom is -0.298 e. The van der Waals surface area contributed by atoms with Gasteiger partial charge in [0.25, 0.3) is 0 Å². The Morgan fingerprint density at radius 2 is 1.75 bits per heavy atom. The summed E-state index contributed by atoms with van der Waals surface area (Å²) < 4.78 is 0. The number of benzene rings is 1. The van der Waals surface area contributed by atoms with Gasteiger partial charge in [-0.15, -0.1) is 0 Å². The molecule has 0 amide bonds. The van der Waals surface area contributed by atoms with E-state index in [4.69, 9.17) is 0 Å². The fourth-order valence-corrected chi connectivity index (χ4v) is 2.43. The smallest absolute Gasteiger partial charge is 0.146 e. The highest BCUT2D eigenvalue weighted by molar-refractivity contribution is 5.82. The van der Waals surface area contributed by atoms with Crippen LogP contribution in [0.1, 0.15) is 37.7 Å². The average molecular weight is 214 g/mol. The van der Waals surface area contributed by atoms with Gasteiger partial charge in [-0.2, -0.15) is 0 Å². The van der Waals surface area contributed by atoms with Crippen LogP contribution in [0.15, 0.2) is 35.9 Å². The predicted octanol–water partition coefficient (Wildman–Crippen LogP) is 3.85. The molecule has 1 nitrogen and oxygen atoms in total. The van der Waals surface area contributed by atoms with E-state index in [0.717, 1.165) is 17.4 Å². The molecule has 1 aliphatic carbocycles. The summed E-state index contributed by atoms with van der Waals surface area (Å²) in [7, 11) is 0. The lowest BCUT2D eigenvalue weighted by molar-refractivity contribution is -0.105. The van der Waals surface area contributed by atoms with Gasteiger partial charge in [-0.3, -0.25) is 4.79 Å². The molecule has 0 bridgehead atoms. The molecule has 0 aromatic heterocycles. The number of allylic oxidation sites excluding steroid dienone is 1. The molecule has 0 unspecified atom stereocenters. The van der Waals surface area contributed by atoms with Crippen LogP contribution >= 0.6 is 0 Å². The van der Waals surface area contributed by atoms with E-state index in [1.807, 2.05) is 36.4 Å². The van der Waals surface area contributed by atoms with Gasteiger partial charge in [0.1, 0.15) is 6.29 Å². The van der Waals surface area contributed by atoms with E-state index in [-0.39, 0.29) is 0 Å². The number of rotatable bonds is 3. The molecule has 0 atom stereocenters. The van der Waals surface area contributed by atoms with Crippen molar-refractivity contribution in [1.82, 2.24) is 0 Å². The van der Waals surface area contributed by atoms with Gasteiger partial charge in [-0.25, -0.2) is 0 Å². The SMILES string of the molecule is O=CC(=Cc1ccccc1)C1CCCCC1. The second-order valence-electron chi connectivity index (χ2n) is 4.51. The third-order valence-electron chi connectivity index (χ3n) is 3.35. The van der Waals surface area contributed by atoms with Gasteiger partial charge in [0.2, 0.25) is 0 Å². The summed E-state index contributed by atoms with van der Waals surface area (Å²) in [5.74, 6) is 0.492. The lowest BCUT2D eigenvalue weighted by Gasteiger charge is -2.21. The Morgan fingerprint density at radius 3 is 2.38 bits per heavy atom. The third-order valence-corrected chi connectivity index (χ3v) is 3.35. The average Bonchev–Trinajstić information content (AvgIpc) is 2.38. The molecule has 1 heteroatoms. The summed E-state index contributed by atoms with van der Waals surface area (Å²) in [4.78, 5) is 11.1. The minimum atomic E-state index is 0.492. The molecule has 0 radical (unpaired) electrons. The Bertz CT molecular complexity index is 358. The molecule has 16 heavy (non-hydrogen) atoms. The van der Waals surface area contributed by atoms with Crippen LogP contribution in [0.4, 0.5) is 0 Å². The van der Waals surface area contributed by atoms with Crippen LogP contribution in [-0.4, -0.2) is 6.29 Å². The summed E-state index contributed by atoms with van der Waals surface area (Å²) in [6.45, 7) is 0. The Balaban J connectivity index is 2.15. The van der Waals surface area contributed by atoms with Crippen molar-refractivity contribution < 1.29 is 4.79 Å². The van der Waals surface area contributed by atoms with Crippen molar-refractivity contribution in [3.63, 3.8) is 0 Å². The fraction of sp³-hybridized carbons (Fsp3) is 0.400. The zero-order valence-electron chi connectivity index (χ0n) is 9.56. The van der Waals surface area contributed by atoms with Crippen LogP contribution in [0.3, 0.4) is 0 Å². The van der Waals surface area contributed by atoms with Crippen LogP contribution in [0, 0.1) is 5.92 Å². The normalized spacial score (nSPS) is 18.4. The molecule has 1 fully saturated rings. The Morgan fingerprint density at radius 1 is 1.06 bits per heavy atom. The monoisotopic (exact) mass is 214 g/mol. The van der Waals surface area contributed by atoms with Crippen LogP contribution in [0.25, 0.3) is 6.08 Å². The number of carbonyl (C=O) groups is 1. The van der Waals surface area contributed by atoms with Gasteiger partial charge in [0, 0.05) is 0 Å². The Hall–Kier alpha value is -1.37. The van der Waals surface area contributed by atoms with Crippen molar-refractivity contribution in [2.75, 3.05) is 0 Å². The largest absolute Gasteiger partial charge is 0.298 e. The van der Waals surface area contributed by atoms with Crippen molar-refractivity contribution in [3.8, 4) is 0 Å². The summed E-state index contributed by atoms with van der Waals surface area (Å²) in [6, 6.07) is 10.1. The van der Waals surface area contributed by atoms with E-state index >= 15 is 0 Å². The fourth-order valence-electron chi connectivity index (χ4n) is 2.43. The molecule has 1 aromatic rings. The second kappa shape index (κ2) is 5.64. The van der Waals surface area contributed by atoms with E-state index in [9.17, 15) is 4.79 Å². The highest BCUT2D eigenvalue weighted by Gasteiger charge is 2.17. The molecular weight excluding hydrogens is 196 g/mol. The first kappa shape index (κ1) is 11.1. The van der Waals surface area contributed by atoms with Crippen molar-refractivity contribution in [1.29, 1.82) is 0 Å². The summed E-state index contributed by atoms with van der Waals surface area (Å²) in [6.07, 6.45) is 9.31. The zero-order valence-corrected chi connectivity index (χ0v) is 9.56. The molecule has 0 aliphatic heterocycles. The van der Waals surface area contributed by atoms with Crippen LogP contribution < -0.4 is 0 Å². The lowest BCUT2D eigenvalue weighted by Crippen LogP contribution is -2.09. The Kier molecular flexibility index (Phi) is 3.92. The molecule has 1 aliphatic rings. The van der Waals surface area contributed by atoms with Gasteiger partial charge in [-0.05, 0) is 36.0 Å². The van der Waals surface area contributed by atoms with Crippen molar-refractivity contribution >= 4 is 12.4 Å². The maximum Gasteiger partial charge on any atom is 0.146 e. The standard InChI is InChI=1S/C15H18O/c16-12-15(14-9-5-2-6-10-14)11-13-7-3-1-4-8-13/h1,3-4,7-8,11-12,14H,2,5-6,9-10H2. The van der Waals surface area contributed by atoms with Gasteiger partial charge in [-0.1, -0.05) is 49.6 Å². The van der Waals surface area contributed by atoms with Gasteiger partial charge in [0.15, 0.2) is 0 Å². The van der Waals surface area contributed by atoms with E-state index in [1.165, 1.54) is 32.1 Å². The third kappa shape index (κ3) is 2.82. The van der Waals surface area contributed by atoms with E-state index in [1.54, 1.807) is 0 Å². The number of aldehydes is 1. The molecule has 0 N–H and O–H groups in total. The minimum absolute atomic E-state index is 0.492. The Labute approximate surface area is 97.2 Å². The first-order chi connectivity index (χ1) is 7.90. The molecule has 0 saturated heterocycles. The summed E-state index contributed by atoms with van der Waals surface area (Å²) >= 11 is 0. The number of hydrogen-bond donors (Lipinski definition) is 0. The van der Waals surface area contributed by atoms with Crippen LogP contribution in [0.2, 0.25) is 0 Å². The van der Waals surface area contributed by atoms with E-state index in [0.29, 0.717) is 5.92 Å².